The molecule has 0 aromatic heterocycles. The molecule has 1 aromatic carbocycles. The van der Waals surface area contributed by atoms with Gasteiger partial charge in [-0.1, -0.05) is 19.1 Å². The fourth-order valence-electron chi connectivity index (χ4n) is 2.94. The fraction of sp³-hybridized carbons (Fsp3) is 0.571. The van der Waals surface area contributed by atoms with Crippen LogP contribution in [0.1, 0.15) is 49.3 Å². The van der Waals surface area contributed by atoms with Crippen LogP contribution in [0.5, 0.6) is 0 Å². The van der Waals surface area contributed by atoms with Crippen molar-refractivity contribution in [2.75, 3.05) is 6.54 Å². The summed E-state index contributed by atoms with van der Waals surface area (Å²) in [6.45, 7) is 3.08. The predicted molar refractivity (Wildman–Crippen MR) is 62.9 cm³/mol. The molecule has 2 atom stereocenters. The molecule has 0 spiro atoms. The van der Waals surface area contributed by atoms with E-state index in [1.54, 1.807) is 6.07 Å². The molecule has 1 aromatic rings. The molecule has 0 radical (unpaired) electrons. The standard InChI is InChI=1S/C14H18FN/c1-2-9-8-16-14(10-6-7-10)11-4-3-5-12(15)13(9)11/h3-5,9-10,14,16H,2,6-8H2,1H3. The van der Waals surface area contributed by atoms with Crippen molar-refractivity contribution in [2.45, 2.75) is 38.1 Å². The van der Waals surface area contributed by atoms with Gasteiger partial charge in [0.2, 0.25) is 0 Å². The van der Waals surface area contributed by atoms with Crippen molar-refractivity contribution in [1.82, 2.24) is 5.32 Å². The second-order valence-electron chi connectivity index (χ2n) is 5.07. The lowest BCUT2D eigenvalue weighted by Gasteiger charge is -2.32. The third kappa shape index (κ3) is 1.56. The molecule has 16 heavy (non-hydrogen) atoms. The van der Waals surface area contributed by atoms with Crippen molar-refractivity contribution in [1.29, 1.82) is 0 Å². The van der Waals surface area contributed by atoms with Crippen molar-refractivity contribution < 1.29 is 4.39 Å². The van der Waals surface area contributed by atoms with Gasteiger partial charge < -0.3 is 5.32 Å². The van der Waals surface area contributed by atoms with E-state index in [4.69, 9.17) is 0 Å². The van der Waals surface area contributed by atoms with E-state index in [0.29, 0.717) is 12.0 Å². The molecule has 1 aliphatic heterocycles. The average Bonchev–Trinajstić information content (AvgIpc) is 3.12. The second kappa shape index (κ2) is 3.85. The van der Waals surface area contributed by atoms with Gasteiger partial charge in [0.05, 0.1) is 0 Å². The van der Waals surface area contributed by atoms with Crippen LogP contribution < -0.4 is 5.32 Å². The molecule has 3 rings (SSSR count). The van der Waals surface area contributed by atoms with Crippen LogP contribution in [0.15, 0.2) is 18.2 Å². The summed E-state index contributed by atoms with van der Waals surface area (Å²) in [6, 6.07) is 5.98. The first kappa shape index (κ1) is 10.3. The summed E-state index contributed by atoms with van der Waals surface area (Å²) in [6.07, 6.45) is 3.60. The van der Waals surface area contributed by atoms with Gasteiger partial charge in [-0.3, -0.25) is 0 Å². The maximum Gasteiger partial charge on any atom is 0.127 e. The van der Waals surface area contributed by atoms with Crippen molar-refractivity contribution in [3.8, 4) is 0 Å². The van der Waals surface area contributed by atoms with Crippen LogP contribution in [0.4, 0.5) is 4.39 Å². The highest BCUT2D eigenvalue weighted by Crippen LogP contribution is 2.45. The number of halogens is 1. The van der Waals surface area contributed by atoms with Crippen LogP contribution >= 0.6 is 0 Å². The van der Waals surface area contributed by atoms with Gasteiger partial charge >= 0.3 is 0 Å². The lowest BCUT2D eigenvalue weighted by atomic mass is 9.83. The number of benzene rings is 1. The Morgan fingerprint density at radius 1 is 1.38 bits per heavy atom. The number of rotatable bonds is 2. The minimum Gasteiger partial charge on any atom is -0.309 e. The van der Waals surface area contributed by atoms with Crippen LogP contribution in [-0.4, -0.2) is 6.54 Å². The van der Waals surface area contributed by atoms with E-state index in [9.17, 15) is 4.39 Å². The molecule has 1 saturated carbocycles. The summed E-state index contributed by atoms with van der Waals surface area (Å²) >= 11 is 0. The number of hydrogen-bond acceptors (Lipinski definition) is 1. The normalized spacial score (nSPS) is 28.9. The molecular formula is C14H18FN. The third-order valence-corrected chi connectivity index (χ3v) is 4.00. The zero-order valence-electron chi connectivity index (χ0n) is 9.67. The van der Waals surface area contributed by atoms with Gasteiger partial charge in [0.1, 0.15) is 5.82 Å². The molecular weight excluding hydrogens is 201 g/mol. The molecule has 0 amide bonds. The second-order valence-corrected chi connectivity index (χ2v) is 5.07. The molecule has 2 aliphatic rings. The summed E-state index contributed by atoms with van der Waals surface area (Å²) < 4.78 is 13.9. The average molecular weight is 219 g/mol. The van der Waals surface area contributed by atoms with Gasteiger partial charge in [0.15, 0.2) is 0 Å². The molecule has 1 fully saturated rings. The van der Waals surface area contributed by atoms with Gasteiger partial charge in [0, 0.05) is 12.6 Å². The number of fused-ring (bicyclic) bond motifs is 1. The highest BCUT2D eigenvalue weighted by atomic mass is 19.1. The molecule has 1 aliphatic carbocycles. The zero-order valence-corrected chi connectivity index (χ0v) is 9.67. The third-order valence-electron chi connectivity index (χ3n) is 4.00. The van der Waals surface area contributed by atoms with E-state index < -0.39 is 0 Å². The van der Waals surface area contributed by atoms with Crippen LogP contribution in [0.3, 0.4) is 0 Å². The zero-order chi connectivity index (χ0) is 11.1. The first-order chi connectivity index (χ1) is 7.81. The smallest absolute Gasteiger partial charge is 0.127 e. The van der Waals surface area contributed by atoms with Gasteiger partial charge in [-0.25, -0.2) is 4.39 Å². The maximum absolute atomic E-state index is 13.9. The SMILES string of the molecule is CCC1CNC(C2CC2)c2cccc(F)c21. The first-order valence-corrected chi connectivity index (χ1v) is 6.33. The highest BCUT2D eigenvalue weighted by Gasteiger charge is 2.37. The van der Waals surface area contributed by atoms with Crippen LogP contribution in [0.25, 0.3) is 0 Å². The van der Waals surface area contributed by atoms with E-state index in [0.717, 1.165) is 24.4 Å². The number of nitrogens with one attached hydrogen (secondary N) is 1. The van der Waals surface area contributed by atoms with Gasteiger partial charge in [-0.2, -0.15) is 0 Å². The van der Waals surface area contributed by atoms with Crippen molar-refractivity contribution in [3.05, 3.63) is 35.1 Å². The molecule has 0 bridgehead atoms. The fourth-order valence-corrected chi connectivity index (χ4v) is 2.94. The minimum absolute atomic E-state index is 0.00324. The first-order valence-electron chi connectivity index (χ1n) is 6.33. The summed E-state index contributed by atoms with van der Waals surface area (Å²) in [7, 11) is 0. The van der Waals surface area contributed by atoms with E-state index >= 15 is 0 Å². The predicted octanol–water partition coefficient (Wildman–Crippen LogP) is 3.37. The van der Waals surface area contributed by atoms with E-state index in [1.165, 1.54) is 18.4 Å². The Morgan fingerprint density at radius 3 is 2.88 bits per heavy atom. The van der Waals surface area contributed by atoms with Gasteiger partial charge in [-0.15, -0.1) is 0 Å². The topological polar surface area (TPSA) is 12.0 Å². The molecule has 1 heterocycles. The van der Waals surface area contributed by atoms with Crippen molar-refractivity contribution >= 4 is 0 Å². The Morgan fingerprint density at radius 2 is 2.19 bits per heavy atom. The molecule has 0 saturated heterocycles. The summed E-state index contributed by atoms with van der Waals surface area (Å²) in [4.78, 5) is 0. The van der Waals surface area contributed by atoms with Crippen molar-refractivity contribution in [3.63, 3.8) is 0 Å². The lowest BCUT2D eigenvalue weighted by Crippen LogP contribution is -2.34. The highest BCUT2D eigenvalue weighted by molar-refractivity contribution is 5.37. The Kier molecular flexibility index (Phi) is 2.47. The lowest BCUT2D eigenvalue weighted by molar-refractivity contribution is 0.401. The summed E-state index contributed by atoms with van der Waals surface area (Å²) in [5, 5.41) is 3.60. The van der Waals surface area contributed by atoms with E-state index in [1.807, 2.05) is 6.07 Å². The molecule has 1 N–H and O–H groups in total. The number of hydrogen-bond donors (Lipinski definition) is 1. The molecule has 2 heteroatoms. The quantitative estimate of drug-likeness (QED) is 0.804. The summed E-state index contributed by atoms with van der Waals surface area (Å²) in [5.41, 5.74) is 2.21. The van der Waals surface area contributed by atoms with E-state index in [-0.39, 0.29) is 5.82 Å². The Hall–Kier alpha value is -0.890. The van der Waals surface area contributed by atoms with Crippen LogP contribution in [0.2, 0.25) is 0 Å². The molecule has 1 nitrogen and oxygen atoms in total. The molecule has 2 unspecified atom stereocenters. The van der Waals surface area contributed by atoms with Gasteiger partial charge in [0.25, 0.3) is 0 Å². The summed E-state index contributed by atoms with van der Waals surface area (Å²) in [5.74, 6) is 1.10. The minimum atomic E-state index is -0.00324. The Labute approximate surface area is 96.1 Å². The maximum atomic E-state index is 13.9. The Bertz CT molecular complexity index is 398. The van der Waals surface area contributed by atoms with Crippen LogP contribution in [0, 0.1) is 11.7 Å². The largest absolute Gasteiger partial charge is 0.309 e. The van der Waals surface area contributed by atoms with Crippen molar-refractivity contribution in [2.24, 2.45) is 5.92 Å². The van der Waals surface area contributed by atoms with Gasteiger partial charge in [-0.05, 0) is 48.3 Å². The van der Waals surface area contributed by atoms with Crippen LogP contribution in [-0.2, 0) is 0 Å². The molecule has 86 valence electrons. The Balaban J connectivity index is 2.05. The van der Waals surface area contributed by atoms with E-state index in [2.05, 4.69) is 18.3 Å². The monoisotopic (exact) mass is 219 g/mol.